The highest BCUT2D eigenvalue weighted by atomic mass is 32.2. The molecule has 0 unspecified atom stereocenters. The molecule has 0 amide bonds. The molecule has 1 aliphatic rings. The zero-order valence-electron chi connectivity index (χ0n) is 16.9. The van der Waals surface area contributed by atoms with Crippen molar-refractivity contribution in [2.24, 2.45) is 0 Å². The van der Waals surface area contributed by atoms with Crippen molar-refractivity contribution in [3.63, 3.8) is 0 Å². The average Bonchev–Trinajstić information content (AvgIpc) is 3.18. The highest BCUT2D eigenvalue weighted by molar-refractivity contribution is 7.92. The second-order valence-corrected chi connectivity index (χ2v) is 9.28. The normalized spacial score (nSPS) is 14.4. The molecule has 3 aromatic rings. The van der Waals surface area contributed by atoms with Crippen LogP contribution in [-0.4, -0.2) is 29.5 Å². The maximum Gasteiger partial charge on any atom is 0.233 e. The number of nitrogens with two attached hydrogens (primary N) is 1. The molecule has 158 valence electrons. The lowest BCUT2D eigenvalue weighted by molar-refractivity contribution is 0.575. The Morgan fingerprint density at radius 3 is 2.77 bits per heavy atom. The van der Waals surface area contributed by atoms with Crippen molar-refractivity contribution in [1.29, 1.82) is 0 Å². The maximum absolute atomic E-state index is 12.1. The standard InChI is InChI=1S/C22H27N5O2S/c23-22-20-21(18-10-4-5-11-19(18)26-22)27(16-24-20)14-7-6-13-25-30(28,29)15-12-17-8-2-1-3-9-17/h1-3,8-9,12,15-16,25H,4-7,10-11,13-14H2,(H2,23,26)/b15-12+. The fourth-order valence-electron chi connectivity index (χ4n) is 3.92. The van der Waals surface area contributed by atoms with Gasteiger partial charge in [0, 0.05) is 24.2 Å². The number of unbranched alkanes of at least 4 members (excludes halogenated alkanes) is 1. The first-order chi connectivity index (χ1) is 14.5. The van der Waals surface area contributed by atoms with Gasteiger partial charge in [-0.1, -0.05) is 30.3 Å². The van der Waals surface area contributed by atoms with E-state index in [1.54, 1.807) is 6.08 Å². The molecule has 0 bridgehead atoms. The van der Waals surface area contributed by atoms with E-state index in [2.05, 4.69) is 19.3 Å². The molecule has 7 nitrogen and oxygen atoms in total. The predicted octanol–water partition coefficient (Wildman–Crippen LogP) is 3.26. The number of benzene rings is 1. The quantitative estimate of drug-likeness (QED) is 0.539. The van der Waals surface area contributed by atoms with Crippen molar-refractivity contribution in [3.8, 4) is 0 Å². The van der Waals surface area contributed by atoms with Gasteiger partial charge in [0.1, 0.15) is 5.52 Å². The monoisotopic (exact) mass is 425 g/mol. The minimum absolute atomic E-state index is 0.399. The van der Waals surface area contributed by atoms with Gasteiger partial charge in [0.15, 0.2) is 5.82 Å². The van der Waals surface area contributed by atoms with E-state index >= 15 is 0 Å². The van der Waals surface area contributed by atoms with Crippen LogP contribution in [0.1, 0.15) is 42.5 Å². The van der Waals surface area contributed by atoms with Crippen LogP contribution in [0.2, 0.25) is 0 Å². The van der Waals surface area contributed by atoms with Crippen LogP contribution in [-0.2, 0) is 29.4 Å². The lowest BCUT2D eigenvalue weighted by atomic mass is 9.95. The van der Waals surface area contributed by atoms with Crippen molar-refractivity contribution in [3.05, 3.63) is 58.9 Å². The third kappa shape index (κ3) is 4.71. The fraction of sp³-hybridized carbons (Fsp3) is 0.364. The maximum atomic E-state index is 12.1. The molecule has 3 N–H and O–H groups in total. The molecule has 2 aromatic heterocycles. The van der Waals surface area contributed by atoms with Gasteiger partial charge in [0.05, 0.1) is 11.8 Å². The summed E-state index contributed by atoms with van der Waals surface area (Å²) >= 11 is 0. The van der Waals surface area contributed by atoms with Gasteiger partial charge in [0.25, 0.3) is 0 Å². The van der Waals surface area contributed by atoms with E-state index in [1.165, 1.54) is 11.0 Å². The topological polar surface area (TPSA) is 103 Å². The number of sulfonamides is 1. The van der Waals surface area contributed by atoms with Crippen LogP contribution in [0.15, 0.2) is 42.1 Å². The van der Waals surface area contributed by atoms with Crippen LogP contribution in [0.4, 0.5) is 5.82 Å². The summed E-state index contributed by atoms with van der Waals surface area (Å²) in [6.07, 6.45) is 9.30. The van der Waals surface area contributed by atoms with Crippen LogP contribution < -0.4 is 10.5 Å². The van der Waals surface area contributed by atoms with Gasteiger partial charge in [-0.25, -0.2) is 23.1 Å². The van der Waals surface area contributed by atoms with E-state index in [4.69, 9.17) is 5.73 Å². The largest absolute Gasteiger partial charge is 0.382 e. The molecule has 4 rings (SSSR count). The predicted molar refractivity (Wildman–Crippen MR) is 120 cm³/mol. The lowest BCUT2D eigenvalue weighted by Gasteiger charge is -2.17. The number of imidazole rings is 1. The molecule has 1 aliphatic carbocycles. The van der Waals surface area contributed by atoms with Crippen LogP contribution in [0.5, 0.6) is 0 Å². The Morgan fingerprint density at radius 1 is 1.13 bits per heavy atom. The number of pyridine rings is 1. The molecule has 0 saturated heterocycles. The zero-order valence-corrected chi connectivity index (χ0v) is 17.7. The summed E-state index contributed by atoms with van der Waals surface area (Å²) in [5, 5.41) is 1.22. The van der Waals surface area contributed by atoms with Crippen LogP contribution in [0.3, 0.4) is 0 Å². The summed E-state index contributed by atoms with van der Waals surface area (Å²) in [5.74, 6) is 0.502. The molecule has 0 aliphatic heterocycles. The number of nitrogens with zero attached hydrogens (tertiary/aromatic N) is 3. The van der Waals surface area contributed by atoms with Crippen molar-refractivity contribution < 1.29 is 8.42 Å². The first kappa shape index (κ1) is 20.6. The number of anilines is 1. The number of hydrogen-bond donors (Lipinski definition) is 2. The Hall–Kier alpha value is -2.71. The molecule has 30 heavy (non-hydrogen) atoms. The molecule has 0 radical (unpaired) electrons. The zero-order chi connectivity index (χ0) is 21.0. The highest BCUT2D eigenvalue weighted by Crippen LogP contribution is 2.30. The number of rotatable bonds is 8. The Balaban J connectivity index is 1.33. The first-order valence-corrected chi connectivity index (χ1v) is 11.9. The van der Waals surface area contributed by atoms with E-state index in [-0.39, 0.29) is 0 Å². The summed E-state index contributed by atoms with van der Waals surface area (Å²) in [6.45, 7) is 1.17. The molecule has 2 heterocycles. The summed E-state index contributed by atoms with van der Waals surface area (Å²) in [7, 11) is -3.44. The molecule has 0 spiro atoms. The molecule has 0 saturated carbocycles. The van der Waals surface area contributed by atoms with E-state index in [0.717, 1.165) is 67.4 Å². The summed E-state index contributed by atoms with van der Waals surface area (Å²) in [4.78, 5) is 9.02. The average molecular weight is 426 g/mol. The smallest absolute Gasteiger partial charge is 0.233 e. The van der Waals surface area contributed by atoms with E-state index in [0.29, 0.717) is 12.4 Å². The van der Waals surface area contributed by atoms with Gasteiger partial charge in [-0.3, -0.25) is 0 Å². The third-order valence-electron chi connectivity index (χ3n) is 5.43. The lowest BCUT2D eigenvalue weighted by Crippen LogP contribution is -2.22. The van der Waals surface area contributed by atoms with Crippen molar-refractivity contribution in [1.82, 2.24) is 19.3 Å². The molecular formula is C22H27N5O2S. The van der Waals surface area contributed by atoms with E-state index < -0.39 is 10.0 Å². The van der Waals surface area contributed by atoms with Gasteiger partial charge in [-0.2, -0.15) is 0 Å². The second kappa shape index (κ2) is 8.97. The van der Waals surface area contributed by atoms with Gasteiger partial charge in [0.2, 0.25) is 10.0 Å². The van der Waals surface area contributed by atoms with Crippen LogP contribution in [0, 0.1) is 0 Å². The Morgan fingerprint density at radius 2 is 1.93 bits per heavy atom. The summed E-state index contributed by atoms with van der Waals surface area (Å²) < 4.78 is 29.0. The fourth-order valence-corrected chi connectivity index (χ4v) is 4.79. The SMILES string of the molecule is Nc1nc2c(c3c1ncn3CCCCNS(=O)(=O)/C=C/c1ccccc1)CCCC2. The number of fused-ring (bicyclic) bond motifs is 3. The van der Waals surface area contributed by atoms with Gasteiger partial charge in [-0.05, 0) is 55.7 Å². The van der Waals surface area contributed by atoms with E-state index in [1.807, 2.05) is 36.7 Å². The minimum atomic E-state index is -3.44. The van der Waals surface area contributed by atoms with Gasteiger partial charge < -0.3 is 10.3 Å². The highest BCUT2D eigenvalue weighted by Gasteiger charge is 2.19. The third-order valence-corrected chi connectivity index (χ3v) is 6.53. The first-order valence-electron chi connectivity index (χ1n) is 10.4. The summed E-state index contributed by atoms with van der Waals surface area (Å²) in [5.41, 5.74) is 11.2. The molecule has 1 aromatic carbocycles. The van der Waals surface area contributed by atoms with Crippen molar-refractivity contribution in [2.45, 2.75) is 45.1 Å². The van der Waals surface area contributed by atoms with Crippen molar-refractivity contribution in [2.75, 3.05) is 12.3 Å². The van der Waals surface area contributed by atoms with Gasteiger partial charge in [-0.15, -0.1) is 0 Å². The van der Waals surface area contributed by atoms with Crippen molar-refractivity contribution >= 4 is 33.0 Å². The number of aryl methyl sites for hydroxylation is 3. The van der Waals surface area contributed by atoms with E-state index in [9.17, 15) is 8.42 Å². The number of nitrogens with one attached hydrogen (secondary N) is 1. The molecular weight excluding hydrogens is 398 g/mol. The number of hydrogen-bond acceptors (Lipinski definition) is 5. The number of nitrogen functional groups attached to an aromatic ring is 1. The molecule has 0 atom stereocenters. The minimum Gasteiger partial charge on any atom is -0.382 e. The Kier molecular flexibility index (Phi) is 6.15. The Labute approximate surface area is 177 Å². The second-order valence-electron chi connectivity index (χ2n) is 7.62. The number of aromatic nitrogens is 3. The van der Waals surface area contributed by atoms with Crippen LogP contribution in [0.25, 0.3) is 17.1 Å². The van der Waals surface area contributed by atoms with Crippen LogP contribution >= 0.6 is 0 Å². The summed E-state index contributed by atoms with van der Waals surface area (Å²) in [6, 6.07) is 9.37. The molecule has 0 fully saturated rings. The molecule has 8 heteroatoms. The Bertz CT molecular complexity index is 1150. The van der Waals surface area contributed by atoms with Gasteiger partial charge >= 0.3 is 0 Å².